The Bertz CT molecular complexity index is 1050. The van der Waals surface area contributed by atoms with Crippen molar-refractivity contribution in [3.63, 3.8) is 0 Å². The van der Waals surface area contributed by atoms with Crippen molar-refractivity contribution in [3.05, 3.63) is 82.2 Å². The number of halogens is 2. The molecule has 9 heteroatoms. The smallest absolute Gasteiger partial charge is 0.261 e. The Morgan fingerprint density at radius 3 is 2.29 bits per heavy atom. The Hall–Kier alpha value is -2.48. The summed E-state index contributed by atoms with van der Waals surface area (Å²) in [5.41, 5.74) is 1.10. The van der Waals surface area contributed by atoms with Crippen LogP contribution in [0.25, 0.3) is 0 Å². The van der Waals surface area contributed by atoms with Crippen LogP contribution in [0.5, 0.6) is 0 Å². The van der Waals surface area contributed by atoms with E-state index in [1.54, 1.807) is 42.7 Å². The van der Waals surface area contributed by atoms with Gasteiger partial charge in [0, 0.05) is 15.7 Å². The molecule has 0 spiro atoms. The molecule has 146 valence electrons. The van der Waals surface area contributed by atoms with Crippen LogP contribution >= 0.6 is 23.2 Å². The standard InChI is InChI=1S/C19H16Cl2N2O4S/c20-14-9-15(21)11-18(10-14)28(25,26)23-16-5-3-13(4-6-16)8-19(24)22-12-17-2-1-7-27-17/h1-7,9-11,23H,8,12H2,(H,22,24). The number of benzene rings is 2. The van der Waals surface area contributed by atoms with Crippen molar-refractivity contribution < 1.29 is 17.6 Å². The molecule has 0 unspecified atom stereocenters. The maximum absolute atomic E-state index is 12.5. The first-order chi connectivity index (χ1) is 13.3. The van der Waals surface area contributed by atoms with Crippen LogP contribution in [0.15, 0.2) is 70.2 Å². The predicted molar refractivity (Wildman–Crippen MR) is 108 cm³/mol. The lowest BCUT2D eigenvalue weighted by molar-refractivity contribution is -0.120. The topological polar surface area (TPSA) is 88.4 Å². The molecule has 0 fully saturated rings. The maximum Gasteiger partial charge on any atom is 0.261 e. The van der Waals surface area contributed by atoms with Gasteiger partial charge >= 0.3 is 0 Å². The van der Waals surface area contributed by atoms with Gasteiger partial charge in [0.1, 0.15) is 5.76 Å². The molecule has 6 nitrogen and oxygen atoms in total. The molecular weight excluding hydrogens is 423 g/mol. The van der Waals surface area contributed by atoms with Crippen LogP contribution in [0.3, 0.4) is 0 Å². The second-order valence-corrected chi connectivity index (χ2v) is 8.50. The van der Waals surface area contributed by atoms with Crippen molar-refractivity contribution in [1.82, 2.24) is 5.32 Å². The van der Waals surface area contributed by atoms with Gasteiger partial charge in [0.25, 0.3) is 10.0 Å². The number of rotatable bonds is 7. The average molecular weight is 439 g/mol. The van der Waals surface area contributed by atoms with Gasteiger partial charge in [-0.1, -0.05) is 35.3 Å². The summed E-state index contributed by atoms with van der Waals surface area (Å²) in [4.78, 5) is 11.9. The molecule has 1 heterocycles. The van der Waals surface area contributed by atoms with E-state index >= 15 is 0 Å². The third kappa shape index (κ3) is 5.51. The van der Waals surface area contributed by atoms with Crippen molar-refractivity contribution in [2.24, 2.45) is 0 Å². The Morgan fingerprint density at radius 2 is 1.68 bits per heavy atom. The number of hydrogen-bond acceptors (Lipinski definition) is 4. The fourth-order valence-electron chi connectivity index (χ4n) is 2.44. The molecular formula is C19H16Cl2N2O4S. The first-order valence-corrected chi connectivity index (χ1v) is 10.4. The van der Waals surface area contributed by atoms with Gasteiger partial charge in [-0.15, -0.1) is 0 Å². The van der Waals surface area contributed by atoms with E-state index in [1.807, 2.05) is 0 Å². The first kappa shape index (κ1) is 20.3. The minimum atomic E-state index is -3.84. The van der Waals surface area contributed by atoms with Gasteiger partial charge in [-0.3, -0.25) is 9.52 Å². The number of nitrogens with one attached hydrogen (secondary N) is 2. The quantitative estimate of drug-likeness (QED) is 0.576. The van der Waals surface area contributed by atoms with Gasteiger partial charge in [-0.05, 0) is 48.0 Å². The van der Waals surface area contributed by atoms with E-state index in [9.17, 15) is 13.2 Å². The molecule has 0 saturated carbocycles. The molecule has 1 amide bonds. The molecule has 0 radical (unpaired) electrons. The van der Waals surface area contributed by atoms with Crippen molar-refractivity contribution in [2.45, 2.75) is 17.9 Å². The van der Waals surface area contributed by atoms with Gasteiger partial charge in [0.2, 0.25) is 5.91 Å². The molecule has 0 atom stereocenters. The lowest BCUT2D eigenvalue weighted by atomic mass is 10.1. The zero-order valence-corrected chi connectivity index (χ0v) is 16.8. The maximum atomic E-state index is 12.5. The molecule has 3 rings (SSSR count). The number of amides is 1. The van der Waals surface area contributed by atoms with Crippen molar-refractivity contribution >= 4 is 44.8 Å². The summed E-state index contributed by atoms with van der Waals surface area (Å²) >= 11 is 11.7. The molecule has 2 N–H and O–H groups in total. The van der Waals surface area contributed by atoms with Crippen LogP contribution in [0.2, 0.25) is 10.0 Å². The number of hydrogen-bond donors (Lipinski definition) is 2. The third-order valence-corrected chi connectivity index (χ3v) is 5.55. The fraction of sp³-hybridized carbons (Fsp3) is 0.105. The summed E-state index contributed by atoms with van der Waals surface area (Å²) in [5.74, 6) is 0.498. The molecule has 1 aromatic heterocycles. The SMILES string of the molecule is O=C(Cc1ccc(NS(=O)(=O)c2cc(Cl)cc(Cl)c2)cc1)NCc1ccco1. The Morgan fingerprint density at radius 1 is 1.00 bits per heavy atom. The minimum Gasteiger partial charge on any atom is -0.467 e. The summed E-state index contributed by atoms with van der Waals surface area (Å²) in [7, 11) is -3.84. The molecule has 28 heavy (non-hydrogen) atoms. The molecule has 0 aliphatic rings. The van der Waals surface area contributed by atoms with Crippen molar-refractivity contribution in [3.8, 4) is 0 Å². The van der Waals surface area contributed by atoms with Crippen molar-refractivity contribution in [1.29, 1.82) is 0 Å². The van der Waals surface area contributed by atoms with Gasteiger partial charge in [0.15, 0.2) is 0 Å². The molecule has 0 bridgehead atoms. The molecule has 2 aromatic carbocycles. The Kier molecular flexibility index (Phi) is 6.28. The highest BCUT2D eigenvalue weighted by Crippen LogP contribution is 2.24. The van der Waals surface area contributed by atoms with E-state index in [0.717, 1.165) is 5.56 Å². The Balaban J connectivity index is 1.61. The number of furan rings is 1. The number of carbonyl (C=O) groups is 1. The van der Waals surface area contributed by atoms with Crippen LogP contribution in [0.1, 0.15) is 11.3 Å². The van der Waals surface area contributed by atoms with E-state index in [0.29, 0.717) is 18.0 Å². The predicted octanol–water partition coefficient (Wildman–Crippen LogP) is 4.25. The molecule has 3 aromatic rings. The minimum absolute atomic E-state index is 0.0358. The monoisotopic (exact) mass is 438 g/mol. The summed E-state index contributed by atoms with van der Waals surface area (Å²) in [6.45, 7) is 0.311. The largest absolute Gasteiger partial charge is 0.467 e. The van der Waals surface area contributed by atoms with Crippen LogP contribution in [-0.2, 0) is 27.8 Å². The first-order valence-electron chi connectivity index (χ1n) is 8.19. The summed E-state index contributed by atoms with van der Waals surface area (Å²) in [6.07, 6.45) is 1.70. The number of carbonyl (C=O) groups excluding carboxylic acids is 1. The summed E-state index contributed by atoms with van der Waals surface area (Å²) in [5, 5.41) is 3.20. The van der Waals surface area contributed by atoms with Gasteiger partial charge in [-0.25, -0.2) is 8.42 Å². The summed E-state index contributed by atoms with van der Waals surface area (Å²) in [6, 6.07) is 14.1. The van der Waals surface area contributed by atoms with E-state index < -0.39 is 10.0 Å². The zero-order valence-electron chi connectivity index (χ0n) is 14.5. The molecule has 0 aliphatic carbocycles. The normalized spacial score (nSPS) is 11.2. The van der Waals surface area contributed by atoms with Crippen LogP contribution in [-0.4, -0.2) is 14.3 Å². The zero-order chi connectivity index (χ0) is 20.1. The number of anilines is 1. The average Bonchev–Trinajstić information content (AvgIpc) is 3.14. The Labute approximate surface area is 172 Å². The second-order valence-electron chi connectivity index (χ2n) is 5.94. The van der Waals surface area contributed by atoms with Crippen molar-refractivity contribution in [2.75, 3.05) is 4.72 Å². The van der Waals surface area contributed by atoms with Gasteiger partial charge in [-0.2, -0.15) is 0 Å². The lowest BCUT2D eigenvalue weighted by Gasteiger charge is -2.10. The second kappa shape index (κ2) is 8.68. The van der Waals surface area contributed by atoms with Crippen LogP contribution in [0.4, 0.5) is 5.69 Å². The van der Waals surface area contributed by atoms with Crippen LogP contribution < -0.4 is 10.0 Å². The van der Waals surface area contributed by atoms with Gasteiger partial charge < -0.3 is 9.73 Å². The number of sulfonamides is 1. The summed E-state index contributed by atoms with van der Waals surface area (Å²) < 4.78 is 32.5. The molecule has 0 aliphatic heterocycles. The van der Waals surface area contributed by atoms with Gasteiger partial charge in [0.05, 0.1) is 24.1 Å². The fourth-order valence-corrected chi connectivity index (χ4v) is 4.22. The van der Waals surface area contributed by atoms with Crippen LogP contribution in [0, 0.1) is 0 Å². The highest BCUT2D eigenvalue weighted by Gasteiger charge is 2.16. The highest BCUT2D eigenvalue weighted by atomic mass is 35.5. The van der Waals surface area contributed by atoms with E-state index in [1.165, 1.54) is 18.2 Å². The van der Waals surface area contributed by atoms with E-state index in [2.05, 4.69) is 10.0 Å². The van der Waals surface area contributed by atoms with E-state index in [4.69, 9.17) is 27.6 Å². The molecule has 0 saturated heterocycles. The van der Waals surface area contributed by atoms with E-state index in [-0.39, 0.29) is 27.3 Å². The third-order valence-electron chi connectivity index (χ3n) is 3.76. The highest BCUT2D eigenvalue weighted by molar-refractivity contribution is 7.92. The lowest BCUT2D eigenvalue weighted by Crippen LogP contribution is -2.24.